The van der Waals surface area contributed by atoms with E-state index in [0.29, 0.717) is 0 Å². The molecule has 0 saturated heterocycles. The molecule has 0 spiro atoms. The van der Waals surface area contributed by atoms with Crippen LogP contribution in [0.25, 0.3) is 0 Å². The molecule has 0 N–H and O–H groups in total. The highest BCUT2D eigenvalue weighted by atomic mass is 127. The fourth-order valence-corrected chi connectivity index (χ4v) is 2.70. The Morgan fingerprint density at radius 1 is 1.17 bits per heavy atom. The van der Waals surface area contributed by atoms with Crippen molar-refractivity contribution >= 4 is 52.8 Å². The summed E-state index contributed by atoms with van der Waals surface area (Å²) in [5, 5.41) is 0. The first-order chi connectivity index (χ1) is 5.59. The molecule has 0 aliphatic carbocycles. The molecule has 0 fully saturated rings. The Balaban J connectivity index is 3.80. The standard InChI is InChI=1S/C8H12I2O2/c1-2-3-4-5-6(7(9)11)8(10)12/h6H,2-5H2,1H3. The summed E-state index contributed by atoms with van der Waals surface area (Å²) in [7, 11) is 0. The Morgan fingerprint density at radius 2 is 1.67 bits per heavy atom. The molecule has 0 heterocycles. The van der Waals surface area contributed by atoms with E-state index in [1.54, 1.807) is 45.2 Å². The molecule has 0 amide bonds. The van der Waals surface area contributed by atoms with Crippen LogP contribution in [0.4, 0.5) is 0 Å². The molecule has 0 radical (unpaired) electrons. The molecule has 70 valence electrons. The first-order valence-corrected chi connectivity index (χ1v) is 6.14. The zero-order valence-corrected chi connectivity index (χ0v) is 11.3. The SMILES string of the molecule is CCCCCC(C(=O)I)C(=O)I. The highest BCUT2D eigenvalue weighted by Crippen LogP contribution is 2.18. The van der Waals surface area contributed by atoms with Crippen molar-refractivity contribution in [1.82, 2.24) is 0 Å². The Morgan fingerprint density at radius 3 is 2.00 bits per heavy atom. The molecule has 0 rings (SSSR count). The van der Waals surface area contributed by atoms with Crippen LogP contribution in [0.1, 0.15) is 32.6 Å². The molecule has 2 nitrogen and oxygen atoms in total. The van der Waals surface area contributed by atoms with E-state index in [2.05, 4.69) is 6.92 Å². The molecule has 12 heavy (non-hydrogen) atoms. The second kappa shape index (κ2) is 7.23. The topological polar surface area (TPSA) is 34.1 Å². The first kappa shape index (κ1) is 12.8. The van der Waals surface area contributed by atoms with E-state index in [0.717, 1.165) is 25.7 Å². The first-order valence-electron chi connectivity index (χ1n) is 3.98. The van der Waals surface area contributed by atoms with Crippen molar-refractivity contribution in [2.45, 2.75) is 32.6 Å². The Hall–Kier alpha value is 0.800. The average molecular weight is 394 g/mol. The van der Waals surface area contributed by atoms with Crippen molar-refractivity contribution in [3.8, 4) is 0 Å². The highest BCUT2D eigenvalue weighted by molar-refractivity contribution is 14.1. The third-order valence-electron chi connectivity index (χ3n) is 1.64. The minimum atomic E-state index is -0.363. The van der Waals surface area contributed by atoms with E-state index in [1.807, 2.05) is 0 Å². The lowest BCUT2D eigenvalue weighted by molar-refractivity contribution is -0.121. The molecule has 0 bridgehead atoms. The summed E-state index contributed by atoms with van der Waals surface area (Å²) < 4.78 is -0.0498. The van der Waals surface area contributed by atoms with Crippen molar-refractivity contribution in [3.63, 3.8) is 0 Å². The predicted octanol–water partition coefficient (Wildman–Crippen LogP) is 3.11. The summed E-state index contributed by atoms with van der Waals surface area (Å²) in [6, 6.07) is 0. The van der Waals surface area contributed by atoms with Crippen LogP contribution in [0.2, 0.25) is 0 Å². The Kier molecular flexibility index (Phi) is 7.71. The van der Waals surface area contributed by atoms with Gasteiger partial charge in [0.2, 0.25) is 7.58 Å². The summed E-state index contributed by atoms with van der Waals surface area (Å²) in [6.45, 7) is 2.10. The molecule has 0 aliphatic heterocycles. The van der Waals surface area contributed by atoms with Crippen LogP contribution >= 0.6 is 45.2 Å². The van der Waals surface area contributed by atoms with Gasteiger partial charge in [0.05, 0.1) is 5.92 Å². The van der Waals surface area contributed by atoms with Crippen molar-refractivity contribution in [1.29, 1.82) is 0 Å². The van der Waals surface area contributed by atoms with Gasteiger partial charge < -0.3 is 0 Å². The van der Waals surface area contributed by atoms with Gasteiger partial charge in [-0.15, -0.1) is 0 Å². The third-order valence-corrected chi connectivity index (χ3v) is 3.15. The molecule has 0 aromatic carbocycles. The van der Waals surface area contributed by atoms with Gasteiger partial charge in [0.1, 0.15) is 0 Å². The molecule has 0 saturated carbocycles. The number of rotatable bonds is 6. The van der Waals surface area contributed by atoms with Gasteiger partial charge in [-0.25, -0.2) is 0 Å². The highest BCUT2D eigenvalue weighted by Gasteiger charge is 2.20. The normalized spacial score (nSPS) is 10.3. The van der Waals surface area contributed by atoms with Gasteiger partial charge in [0, 0.05) is 45.2 Å². The second-order valence-corrected chi connectivity index (χ2v) is 4.78. The van der Waals surface area contributed by atoms with Crippen LogP contribution in [0.3, 0.4) is 0 Å². The summed E-state index contributed by atoms with van der Waals surface area (Å²) in [5.74, 6) is -0.363. The van der Waals surface area contributed by atoms with Gasteiger partial charge >= 0.3 is 0 Å². The summed E-state index contributed by atoms with van der Waals surface area (Å²) in [6.07, 6.45) is 3.92. The lowest BCUT2D eigenvalue weighted by Crippen LogP contribution is -2.14. The summed E-state index contributed by atoms with van der Waals surface area (Å²) >= 11 is 3.41. The molecule has 0 aliphatic rings. The molecule has 0 unspecified atom stereocenters. The molecule has 0 atom stereocenters. The quantitative estimate of drug-likeness (QED) is 0.301. The lowest BCUT2D eigenvalue weighted by atomic mass is 10.0. The maximum Gasteiger partial charge on any atom is 0.203 e. The van der Waals surface area contributed by atoms with E-state index in [4.69, 9.17) is 0 Å². The fraction of sp³-hybridized carbons (Fsp3) is 0.750. The lowest BCUT2D eigenvalue weighted by Gasteiger charge is -2.06. The minimum absolute atomic E-state index is 0.0249. The Labute approximate surface area is 100 Å². The number of unbranched alkanes of at least 4 members (excludes halogenated alkanes) is 2. The van der Waals surface area contributed by atoms with E-state index >= 15 is 0 Å². The zero-order valence-electron chi connectivity index (χ0n) is 6.98. The van der Waals surface area contributed by atoms with Gasteiger partial charge in [0.15, 0.2) is 0 Å². The van der Waals surface area contributed by atoms with Crippen molar-refractivity contribution in [3.05, 3.63) is 0 Å². The van der Waals surface area contributed by atoms with Gasteiger partial charge in [0.25, 0.3) is 0 Å². The van der Waals surface area contributed by atoms with E-state index in [1.165, 1.54) is 0 Å². The van der Waals surface area contributed by atoms with Gasteiger partial charge in [-0.05, 0) is 6.42 Å². The van der Waals surface area contributed by atoms with E-state index < -0.39 is 0 Å². The molecule has 0 aromatic heterocycles. The number of hydrogen-bond donors (Lipinski definition) is 0. The zero-order chi connectivity index (χ0) is 9.56. The number of carbonyl (C=O) groups is 2. The van der Waals surface area contributed by atoms with Crippen LogP contribution in [0.5, 0.6) is 0 Å². The van der Waals surface area contributed by atoms with Crippen molar-refractivity contribution in [2.24, 2.45) is 5.92 Å². The van der Waals surface area contributed by atoms with Crippen molar-refractivity contribution in [2.75, 3.05) is 0 Å². The number of carbonyl (C=O) groups excluding carboxylic acids is 2. The average Bonchev–Trinajstić information content (AvgIpc) is 1.96. The number of hydrogen-bond acceptors (Lipinski definition) is 2. The molecular formula is C8H12I2O2. The minimum Gasteiger partial charge on any atom is -0.287 e. The van der Waals surface area contributed by atoms with E-state index in [9.17, 15) is 9.59 Å². The molecular weight excluding hydrogens is 382 g/mol. The van der Waals surface area contributed by atoms with Crippen LogP contribution in [0, 0.1) is 5.92 Å². The van der Waals surface area contributed by atoms with Crippen LogP contribution < -0.4 is 0 Å². The maximum absolute atomic E-state index is 10.9. The summed E-state index contributed by atoms with van der Waals surface area (Å²) in [5.41, 5.74) is 0. The van der Waals surface area contributed by atoms with Crippen LogP contribution in [-0.2, 0) is 9.59 Å². The van der Waals surface area contributed by atoms with E-state index in [-0.39, 0.29) is 13.5 Å². The second-order valence-electron chi connectivity index (χ2n) is 2.66. The smallest absolute Gasteiger partial charge is 0.203 e. The molecule has 0 aromatic rings. The fourth-order valence-electron chi connectivity index (χ4n) is 0.915. The van der Waals surface area contributed by atoms with Gasteiger partial charge in [-0.2, -0.15) is 0 Å². The Bertz CT molecular complexity index is 154. The monoisotopic (exact) mass is 394 g/mol. The van der Waals surface area contributed by atoms with Gasteiger partial charge in [-0.1, -0.05) is 26.2 Å². The number of halogens is 2. The van der Waals surface area contributed by atoms with Gasteiger partial charge in [-0.3, -0.25) is 9.59 Å². The third kappa shape index (κ3) is 5.45. The van der Waals surface area contributed by atoms with Crippen molar-refractivity contribution < 1.29 is 9.59 Å². The largest absolute Gasteiger partial charge is 0.287 e. The van der Waals surface area contributed by atoms with Crippen LogP contribution in [-0.4, -0.2) is 7.58 Å². The maximum atomic E-state index is 10.9. The van der Waals surface area contributed by atoms with Crippen LogP contribution in [0.15, 0.2) is 0 Å². The summed E-state index contributed by atoms with van der Waals surface area (Å²) in [4.78, 5) is 21.9. The predicted molar refractivity (Wildman–Crippen MR) is 65.7 cm³/mol. The molecule has 4 heteroatoms.